The van der Waals surface area contributed by atoms with Gasteiger partial charge in [0.1, 0.15) is 17.5 Å². The first-order chi connectivity index (χ1) is 12.4. The molecule has 1 atom stereocenters. The molecule has 1 aliphatic heterocycles. The lowest BCUT2D eigenvalue weighted by atomic mass is 9.73. The van der Waals surface area contributed by atoms with Crippen LogP contribution in [0.3, 0.4) is 0 Å². The zero-order chi connectivity index (χ0) is 18.7. The molecule has 0 radical (unpaired) electrons. The molecule has 1 saturated heterocycles. The number of halogens is 3. The smallest absolute Gasteiger partial charge is 0.231 e. The number of hydrogen-bond acceptors (Lipinski definition) is 2. The van der Waals surface area contributed by atoms with Crippen LogP contribution < -0.4 is 5.32 Å². The van der Waals surface area contributed by atoms with Gasteiger partial charge in [0, 0.05) is 24.8 Å². The van der Waals surface area contributed by atoms with Gasteiger partial charge < -0.3 is 10.1 Å². The molecule has 1 heterocycles. The lowest BCUT2D eigenvalue weighted by Crippen LogP contribution is -2.48. The molecule has 26 heavy (non-hydrogen) atoms. The Hall–Kier alpha value is -2.34. The van der Waals surface area contributed by atoms with Crippen LogP contribution in [0.15, 0.2) is 42.5 Å². The van der Waals surface area contributed by atoms with Crippen LogP contribution in [0.4, 0.5) is 13.2 Å². The van der Waals surface area contributed by atoms with Crippen LogP contribution in [0.5, 0.6) is 0 Å². The minimum absolute atomic E-state index is 0.209. The predicted molar refractivity (Wildman–Crippen MR) is 91.0 cm³/mol. The number of hydrogen-bond donors (Lipinski definition) is 1. The third-order valence-corrected chi connectivity index (χ3v) is 4.95. The third kappa shape index (κ3) is 3.60. The predicted octanol–water partition coefficient (Wildman–Crippen LogP) is 4.03. The SMILES string of the molecule is C[C@H](NC(=O)C1(c2ccc(F)cc2)CCOCC1)c1ccc(F)cc1F. The average Bonchev–Trinajstić information content (AvgIpc) is 2.62. The van der Waals surface area contributed by atoms with Crippen molar-refractivity contribution in [1.29, 1.82) is 0 Å². The van der Waals surface area contributed by atoms with Crippen molar-refractivity contribution in [3.8, 4) is 0 Å². The summed E-state index contributed by atoms with van der Waals surface area (Å²) in [6.45, 7) is 2.46. The van der Waals surface area contributed by atoms with Crippen molar-refractivity contribution in [1.82, 2.24) is 5.32 Å². The van der Waals surface area contributed by atoms with Crippen LogP contribution in [-0.2, 0) is 14.9 Å². The number of carbonyl (C=O) groups is 1. The fourth-order valence-electron chi connectivity index (χ4n) is 3.40. The van der Waals surface area contributed by atoms with E-state index in [0.29, 0.717) is 31.6 Å². The summed E-state index contributed by atoms with van der Waals surface area (Å²) in [5.74, 6) is -2.03. The van der Waals surface area contributed by atoms with Gasteiger partial charge in [0.2, 0.25) is 5.91 Å². The molecule has 0 spiro atoms. The van der Waals surface area contributed by atoms with Gasteiger partial charge in [-0.25, -0.2) is 13.2 Å². The highest BCUT2D eigenvalue weighted by Gasteiger charge is 2.42. The maximum atomic E-state index is 14.0. The van der Waals surface area contributed by atoms with E-state index < -0.39 is 23.1 Å². The molecule has 2 aromatic carbocycles. The van der Waals surface area contributed by atoms with Crippen LogP contribution in [0, 0.1) is 17.5 Å². The highest BCUT2D eigenvalue weighted by Crippen LogP contribution is 2.36. The number of amides is 1. The Labute approximate surface area is 150 Å². The topological polar surface area (TPSA) is 38.3 Å². The van der Waals surface area contributed by atoms with Gasteiger partial charge in [-0.2, -0.15) is 0 Å². The van der Waals surface area contributed by atoms with Gasteiger partial charge in [0.15, 0.2) is 0 Å². The molecule has 0 aromatic heterocycles. The number of nitrogens with one attached hydrogen (secondary N) is 1. The first-order valence-electron chi connectivity index (χ1n) is 8.52. The fraction of sp³-hybridized carbons (Fsp3) is 0.350. The van der Waals surface area contributed by atoms with Gasteiger partial charge in [0.05, 0.1) is 11.5 Å². The van der Waals surface area contributed by atoms with E-state index in [-0.39, 0.29) is 17.3 Å². The zero-order valence-corrected chi connectivity index (χ0v) is 14.4. The number of ether oxygens (including phenoxy) is 1. The highest BCUT2D eigenvalue weighted by molar-refractivity contribution is 5.88. The summed E-state index contributed by atoms with van der Waals surface area (Å²) in [7, 11) is 0. The van der Waals surface area contributed by atoms with Crippen LogP contribution in [0.1, 0.15) is 36.9 Å². The lowest BCUT2D eigenvalue weighted by molar-refractivity contribution is -0.131. The van der Waals surface area contributed by atoms with Crippen molar-refractivity contribution in [2.45, 2.75) is 31.2 Å². The molecular formula is C20H20F3NO2. The van der Waals surface area contributed by atoms with Crippen LogP contribution in [-0.4, -0.2) is 19.1 Å². The second kappa shape index (κ2) is 7.50. The average molecular weight is 363 g/mol. The van der Waals surface area contributed by atoms with E-state index in [1.54, 1.807) is 19.1 Å². The molecule has 1 amide bonds. The van der Waals surface area contributed by atoms with Crippen LogP contribution in [0.25, 0.3) is 0 Å². The normalized spacial score (nSPS) is 17.5. The fourth-order valence-corrected chi connectivity index (χ4v) is 3.40. The molecule has 1 fully saturated rings. The minimum atomic E-state index is -0.864. The monoisotopic (exact) mass is 363 g/mol. The molecule has 2 aromatic rings. The van der Waals surface area contributed by atoms with E-state index >= 15 is 0 Å². The Bertz CT molecular complexity index is 786. The summed E-state index contributed by atoms with van der Waals surface area (Å²) in [6.07, 6.45) is 0.895. The van der Waals surface area contributed by atoms with Gasteiger partial charge in [0.25, 0.3) is 0 Å². The number of benzene rings is 2. The molecule has 1 aliphatic rings. The molecule has 3 nitrogen and oxygen atoms in total. The largest absolute Gasteiger partial charge is 0.381 e. The summed E-state index contributed by atoms with van der Waals surface area (Å²) in [5, 5.41) is 2.83. The zero-order valence-electron chi connectivity index (χ0n) is 14.4. The molecule has 0 unspecified atom stereocenters. The number of rotatable bonds is 4. The van der Waals surface area contributed by atoms with E-state index in [4.69, 9.17) is 4.74 Å². The van der Waals surface area contributed by atoms with E-state index in [1.807, 2.05) is 0 Å². The Morgan fingerprint density at radius 3 is 2.27 bits per heavy atom. The lowest BCUT2D eigenvalue weighted by Gasteiger charge is -2.37. The molecule has 6 heteroatoms. The molecule has 138 valence electrons. The standard InChI is InChI=1S/C20H20F3NO2/c1-13(17-7-6-16(22)12-18(17)23)24-19(25)20(8-10-26-11-9-20)14-2-4-15(21)5-3-14/h2-7,12-13H,8-11H2,1H3,(H,24,25)/t13-/m0/s1. The summed E-state index contributed by atoms with van der Waals surface area (Å²) in [6, 6.07) is 8.49. The second-order valence-electron chi connectivity index (χ2n) is 6.56. The molecule has 0 aliphatic carbocycles. The van der Waals surface area contributed by atoms with Crippen molar-refractivity contribution in [2.75, 3.05) is 13.2 Å². The molecular weight excluding hydrogens is 343 g/mol. The quantitative estimate of drug-likeness (QED) is 0.891. The van der Waals surface area contributed by atoms with Crippen LogP contribution >= 0.6 is 0 Å². The van der Waals surface area contributed by atoms with E-state index in [1.165, 1.54) is 18.2 Å². The van der Waals surface area contributed by atoms with Gasteiger partial charge in [-0.3, -0.25) is 4.79 Å². The van der Waals surface area contributed by atoms with Gasteiger partial charge in [-0.05, 0) is 43.5 Å². The molecule has 0 bridgehead atoms. The Kier molecular flexibility index (Phi) is 5.32. The summed E-state index contributed by atoms with van der Waals surface area (Å²) >= 11 is 0. The van der Waals surface area contributed by atoms with Gasteiger partial charge in [-0.1, -0.05) is 18.2 Å². The molecule has 0 saturated carbocycles. The van der Waals surface area contributed by atoms with Crippen molar-refractivity contribution >= 4 is 5.91 Å². The third-order valence-electron chi connectivity index (χ3n) is 4.95. The highest BCUT2D eigenvalue weighted by atomic mass is 19.1. The molecule has 1 N–H and O–H groups in total. The first kappa shape index (κ1) is 18.5. The van der Waals surface area contributed by atoms with Gasteiger partial charge >= 0.3 is 0 Å². The Morgan fingerprint density at radius 1 is 1.04 bits per heavy atom. The molecule has 3 rings (SSSR count). The maximum absolute atomic E-state index is 14.0. The summed E-state index contributed by atoms with van der Waals surface area (Å²) in [4.78, 5) is 13.1. The minimum Gasteiger partial charge on any atom is -0.381 e. The maximum Gasteiger partial charge on any atom is 0.231 e. The summed E-state index contributed by atoms with van der Waals surface area (Å²) in [5.41, 5.74) is 0.0454. The number of carbonyl (C=O) groups excluding carboxylic acids is 1. The summed E-state index contributed by atoms with van der Waals surface area (Å²) < 4.78 is 45.8. The Morgan fingerprint density at radius 2 is 1.65 bits per heavy atom. The van der Waals surface area contributed by atoms with Crippen molar-refractivity contribution in [2.24, 2.45) is 0 Å². The first-order valence-corrected chi connectivity index (χ1v) is 8.52. The Balaban J connectivity index is 1.87. The van der Waals surface area contributed by atoms with Crippen molar-refractivity contribution in [3.63, 3.8) is 0 Å². The second-order valence-corrected chi connectivity index (χ2v) is 6.56. The van der Waals surface area contributed by atoms with Crippen molar-refractivity contribution in [3.05, 3.63) is 71.0 Å². The van der Waals surface area contributed by atoms with E-state index in [9.17, 15) is 18.0 Å². The van der Waals surface area contributed by atoms with Crippen LogP contribution in [0.2, 0.25) is 0 Å². The van der Waals surface area contributed by atoms with E-state index in [0.717, 1.165) is 12.1 Å². The van der Waals surface area contributed by atoms with E-state index in [2.05, 4.69) is 5.32 Å². The van der Waals surface area contributed by atoms with Crippen molar-refractivity contribution < 1.29 is 22.7 Å². The van der Waals surface area contributed by atoms with Gasteiger partial charge in [-0.15, -0.1) is 0 Å².